The van der Waals surface area contributed by atoms with Crippen LogP contribution in [-0.4, -0.2) is 24.2 Å². The molecule has 1 fully saturated rings. The molecule has 0 bridgehead atoms. The summed E-state index contributed by atoms with van der Waals surface area (Å²) in [7, 11) is 0. The van der Waals surface area contributed by atoms with E-state index >= 15 is 0 Å². The topological polar surface area (TPSA) is 40.5 Å². The fourth-order valence-electron chi connectivity index (χ4n) is 2.67. The number of nitrogens with zero attached hydrogens (tertiary/aromatic N) is 1. The van der Waals surface area contributed by atoms with Gasteiger partial charge in [-0.3, -0.25) is 4.79 Å². The molecule has 22 heavy (non-hydrogen) atoms. The van der Waals surface area contributed by atoms with Crippen molar-refractivity contribution in [3.8, 4) is 0 Å². The van der Waals surface area contributed by atoms with E-state index in [1.807, 2.05) is 0 Å². The molecule has 118 valence electrons. The molecule has 2 rings (SSSR count). The van der Waals surface area contributed by atoms with Crippen LogP contribution in [0.5, 0.6) is 0 Å². The number of anilines is 1. The molecule has 0 aliphatic carbocycles. The fourth-order valence-corrected chi connectivity index (χ4v) is 2.67. The van der Waals surface area contributed by atoms with Crippen LogP contribution in [0.25, 0.3) is 0 Å². The SMILES string of the molecule is O=C(O)CCC1CCN(c2ccc(C(F)(F)F)cc2)CC1.[H-].[Li+]. The molecule has 0 unspecified atom stereocenters. The van der Waals surface area contributed by atoms with Gasteiger partial charge in [-0.2, -0.15) is 13.2 Å². The first-order chi connectivity index (χ1) is 9.86. The molecular formula is C15H19F3LiNO2. The summed E-state index contributed by atoms with van der Waals surface area (Å²) in [4.78, 5) is 12.6. The largest absolute Gasteiger partial charge is 1.00 e. The smallest absolute Gasteiger partial charge is 1.00 e. The van der Waals surface area contributed by atoms with Crippen molar-refractivity contribution in [3.05, 3.63) is 29.8 Å². The summed E-state index contributed by atoms with van der Waals surface area (Å²) in [5.74, 6) is -0.382. The van der Waals surface area contributed by atoms with Gasteiger partial charge in [0.25, 0.3) is 0 Å². The Morgan fingerprint density at radius 1 is 1.23 bits per heavy atom. The first kappa shape index (κ1) is 18.9. The second-order valence-corrected chi connectivity index (χ2v) is 5.41. The summed E-state index contributed by atoms with van der Waals surface area (Å²) >= 11 is 0. The average Bonchev–Trinajstić information content (AvgIpc) is 2.45. The molecule has 0 amide bonds. The molecule has 7 heteroatoms. The van der Waals surface area contributed by atoms with Crippen molar-refractivity contribution in [3.63, 3.8) is 0 Å². The number of rotatable bonds is 4. The number of benzene rings is 1. The number of halogens is 3. The Morgan fingerprint density at radius 2 is 1.77 bits per heavy atom. The van der Waals surface area contributed by atoms with E-state index in [2.05, 4.69) is 4.90 Å². The van der Waals surface area contributed by atoms with Crippen LogP contribution in [0.2, 0.25) is 0 Å². The fraction of sp³-hybridized carbons (Fsp3) is 0.533. The molecule has 1 saturated heterocycles. The average molecular weight is 309 g/mol. The number of carbonyl (C=O) groups is 1. The molecule has 0 aromatic heterocycles. The minimum Gasteiger partial charge on any atom is -1.00 e. The van der Waals surface area contributed by atoms with E-state index in [9.17, 15) is 18.0 Å². The molecular weight excluding hydrogens is 290 g/mol. The van der Waals surface area contributed by atoms with Crippen molar-refractivity contribution >= 4 is 11.7 Å². The Balaban J connectivity index is 0.00000242. The third-order valence-electron chi connectivity index (χ3n) is 3.94. The van der Waals surface area contributed by atoms with Crippen LogP contribution in [-0.2, 0) is 11.0 Å². The van der Waals surface area contributed by atoms with Gasteiger partial charge in [0, 0.05) is 25.2 Å². The zero-order valence-electron chi connectivity index (χ0n) is 13.6. The first-order valence-electron chi connectivity index (χ1n) is 7.00. The van der Waals surface area contributed by atoms with Gasteiger partial charge < -0.3 is 11.4 Å². The van der Waals surface area contributed by atoms with Gasteiger partial charge in [-0.15, -0.1) is 0 Å². The van der Waals surface area contributed by atoms with Gasteiger partial charge in [0.1, 0.15) is 0 Å². The Kier molecular flexibility index (Phi) is 6.83. The number of hydrogen-bond donors (Lipinski definition) is 1. The monoisotopic (exact) mass is 309 g/mol. The third kappa shape index (κ3) is 5.26. The van der Waals surface area contributed by atoms with Crippen molar-refractivity contribution < 1.29 is 43.4 Å². The van der Waals surface area contributed by atoms with Crippen molar-refractivity contribution in [2.75, 3.05) is 18.0 Å². The van der Waals surface area contributed by atoms with Crippen LogP contribution in [0.3, 0.4) is 0 Å². The summed E-state index contributed by atoms with van der Waals surface area (Å²) < 4.78 is 37.5. The number of carboxylic acids is 1. The Morgan fingerprint density at radius 3 is 2.23 bits per heavy atom. The van der Waals surface area contributed by atoms with E-state index in [-0.39, 0.29) is 26.7 Å². The first-order valence-corrected chi connectivity index (χ1v) is 7.00. The van der Waals surface area contributed by atoms with E-state index in [4.69, 9.17) is 5.11 Å². The van der Waals surface area contributed by atoms with Gasteiger partial charge in [0.15, 0.2) is 0 Å². The molecule has 1 aromatic carbocycles. The zero-order chi connectivity index (χ0) is 15.5. The summed E-state index contributed by atoms with van der Waals surface area (Å²) in [6.07, 6.45) is -1.67. The normalized spacial score (nSPS) is 16.2. The molecule has 1 aliphatic heterocycles. The van der Waals surface area contributed by atoms with E-state index in [1.165, 1.54) is 12.1 Å². The van der Waals surface area contributed by atoms with Crippen LogP contribution >= 0.6 is 0 Å². The number of hydrogen-bond acceptors (Lipinski definition) is 2. The van der Waals surface area contributed by atoms with Gasteiger partial charge >= 0.3 is 31.0 Å². The molecule has 0 spiro atoms. The van der Waals surface area contributed by atoms with Crippen molar-refractivity contribution in [2.45, 2.75) is 31.9 Å². The summed E-state index contributed by atoms with van der Waals surface area (Å²) in [6, 6.07) is 5.21. The van der Waals surface area contributed by atoms with E-state index in [0.717, 1.165) is 43.8 Å². The van der Waals surface area contributed by atoms with Crippen LogP contribution in [0.1, 0.15) is 32.7 Å². The molecule has 1 aromatic rings. The second kappa shape index (κ2) is 7.94. The van der Waals surface area contributed by atoms with Gasteiger partial charge in [-0.1, -0.05) is 0 Å². The second-order valence-electron chi connectivity index (χ2n) is 5.41. The third-order valence-corrected chi connectivity index (χ3v) is 3.94. The molecule has 3 nitrogen and oxygen atoms in total. The maximum atomic E-state index is 12.5. The number of carboxylic acid groups (broad SMARTS) is 1. The minimum absolute atomic E-state index is 0. The maximum absolute atomic E-state index is 12.5. The van der Waals surface area contributed by atoms with Crippen LogP contribution < -0.4 is 23.8 Å². The van der Waals surface area contributed by atoms with E-state index in [0.29, 0.717) is 12.3 Å². The summed E-state index contributed by atoms with van der Waals surface area (Å²) in [5, 5.41) is 8.66. The zero-order valence-corrected chi connectivity index (χ0v) is 12.6. The van der Waals surface area contributed by atoms with Gasteiger partial charge in [0.2, 0.25) is 0 Å². The van der Waals surface area contributed by atoms with Crippen LogP contribution in [0.4, 0.5) is 18.9 Å². The summed E-state index contributed by atoms with van der Waals surface area (Å²) in [6.45, 7) is 1.52. The molecule has 1 aliphatic rings. The number of piperidine rings is 1. The van der Waals surface area contributed by atoms with E-state index in [1.54, 1.807) is 0 Å². The van der Waals surface area contributed by atoms with Crippen molar-refractivity contribution in [1.29, 1.82) is 0 Å². The Bertz CT molecular complexity index is 488. The standard InChI is InChI=1S/C15H18F3NO2.Li.H/c16-15(17,18)12-2-4-13(5-3-12)19-9-7-11(8-10-19)1-6-14(20)21;;/h2-5,11H,1,6-10H2,(H,20,21);;/q;+1;-1. The van der Waals surface area contributed by atoms with Gasteiger partial charge in [-0.05, 0) is 49.4 Å². The molecule has 0 saturated carbocycles. The predicted octanol–water partition coefficient (Wildman–Crippen LogP) is 0.903. The quantitative estimate of drug-likeness (QED) is 0.840. The van der Waals surface area contributed by atoms with E-state index < -0.39 is 17.7 Å². The van der Waals surface area contributed by atoms with Crippen molar-refractivity contribution in [1.82, 2.24) is 0 Å². The summed E-state index contributed by atoms with van der Waals surface area (Å²) in [5.41, 5.74) is 0.155. The minimum atomic E-state index is -4.30. The molecule has 0 radical (unpaired) electrons. The molecule has 1 heterocycles. The number of alkyl halides is 3. The Hall–Kier alpha value is -1.12. The van der Waals surface area contributed by atoms with Crippen LogP contribution in [0, 0.1) is 5.92 Å². The van der Waals surface area contributed by atoms with Crippen molar-refractivity contribution in [2.24, 2.45) is 5.92 Å². The Labute approximate surface area is 141 Å². The maximum Gasteiger partial charge on any atom is 1.00 e. The molecule has 1 N–H and O–H groups in total. The number of aliphatic carboxylic acids is 1. The van der Waals surface area contributed by atoms with Gasteiger partial charge in [-0.25, -0.2) is 0 Å². The van der Waals surface area contributed by atoms with Gasteiger partial charge in [0.05, 0.1) is 5.56 Å². The predicted molar refractivity (Wildman–Crippen MR) is 74.4 cm³/mol. The van der Waals surface area contributed by atoms with Crippen LogP contribution in [0.15, 0.2) is 24.3 Å². The molecule has 0 atom stereocenters.